The smallest absolute Gasteiger partial charge is 0.164 e. The molecule has 0 unspecified atom stereocenters. The van der Waals surface area contributed by atoms with Gasteiger partial charge in [-0.25, -0.2) is 34.9 Å². The van der Waals surface area contributed by atoms with Gasteiger partial charge in [0.15, 0.2) is 23.3 Å². The Kier molecular flexibility index (Phi) is 16.4. The van der Waals surface area contributed by atoms with Crippen molar-refractivity contribution in [1.29, 1.82) is 0 Å². The highest BCUT2D eigenvalue weighted by Gasteiger charge is 2.27. The van der Waals surface area contributed by atoms with Crippen molar-refractivity contribution in [3.8, 4) is 124 Å². The lowest BCUT2D eigenvalue weighted by atomic mass is 9.99. The number of nitrogens with zero attached hydrogens (tertiary/aromatic N) is 9. The Balaban J connectivity index is 0.000000141. The van der Waals surface area contributed by atoms with Gasteiger partial charge in [0.05, 0.1) is 65.3 Å². The molecule has 0 saturated carbocycles. The molecule has 11 heteroatoms. The number of hydrogen-bond donors (Lipinski definition) is 0. The zero-order chi connectivity index (χ0) is 74.0. The third-order valence-electron chi connectivity index (χ3n) is 21.1. The van der Waals surface area contributed by atoms with Gasteiger partial charge < -0.3 is 9.13 Å². The van der Waals surface area contributed by atoms with Crippen LogP contribution in [0, 0.1) is 0 Å². The Labute approximate surface area is 652 Å². The summed E-state index contributed by atoms with van der Waals surface area (Å²) in [5, 5.41) is 7.18. The van der Waals surface area contributed by atoms with Crippen LogP contribution in [-0.4, -0.2) is 44.0 Å². The monoisotopic (exact) mass is 1470 g/mol. The first kappa shape index (κ1) is 65.8. The van der Waals surface area contributed by atoms with Crippen molar-refractivity contribution in [1.82, 2.24) is 44.0 Å². The largest absolute Gasteiger partial charge is 0.308 e. The predicted molar refractivity (Wildman–Crippen MR) is 466 cm³/mol. The molecule has 0 N–H and O–H groups in total. The highest BCUT2D eigenvalue weighted by Crippen LogP contribution is 2.52. The summed E-state index contributed by atoms with van der Waals surface area (Å²) in [6.45, 7) is 0. The maximum absolute atomic E-state index is 5.35. The van der Waals surface area contributed by atoms with Gasteiger partial charge in [-0.2, -0.15) is 0 Å². The quantitative estimate of drug-likeness (QED) is 0.120. The van der Waals surface area contributed by atoms with Crippen LogP contribution >= 0.6 is 22.7 Å². The van der Waals surface area contributed by atoms with E-state index < -0.39 is 0 Å². The Hall–Kier alpha value is -14.5. The van der Waals surface area contributed by atoms with Gasteiger partial charge in [-0.1, -0.05) is 328 Å². The van der Waals surface area contributed by atoms with Crippen LogP contribution in [0.4, 0.5) is 0 Å². The van der Waals surface area contributed by atoms with Gasteiger partial charge in [0.25, 0.3) is 0 Å². The molecule has 0 bridgehead atoms. The van der Waals surface area contributed by atoms with Crippen LogP contribution in [0.15, 0.2) is 382 Å². The first-order valence-corrected chi connectivity index (χ1v) is 39.1. The van der Waals surface area contributed by atoms with Crippen molar-refractivity contribution in [3.63, 3.8) is 0 Å². The fourth-order valence-electron chi connectivity index (χ4n) is 15.8. The fraction of sp³-hybridized carbons (Fsp3) is 0. The second-order valence-electron chi connectivity index (χ2n) is 27.8. The van der Waals surface area contributed by atoms with Gasteiger partial charge in [0.2, 0.25) is 0 Å². The molecule has 0 aliphatic rings. The zero-order valence-corrected chi connectivity index (χ0v) is 61.8. The molecule has 22 aromatic rings. The van der Waals surface area contributed by atoms with Crippen LogP contribution < -0.4 is 0 Å². The summed E-state index contributed by atoms with van der Waals surface area (Å²) in [5.41, 5.74) is 25.5. The van der Waals surface area contributed by atoms with Gasteiger partial charge in [-0.05, 0) is 76.9 Å². The lowest BCUT2D eigenvalue weighted by molar-refractivity contribution is 1.07. The predicted octanol–water partition coefficient (Wildman–Crippen LogP) is 26.7. The van der Waals surface area contributed by atoms with Crippen LogP contribution in [0.2, 0.25) is 0 Å². The van der Waals surface area contributed by atoms with E-state index in [0.29, 0.717) is 23.3 Å². The minimum atomic E-state index is 0.639. The van der Waals surface area contributed by atoms with Gasteiger partial charge in [-0.3, -0.25) is 0 Å². The van der Waals surface area contributed by atoms with E-state index >= 15 is 0 Å². The maximum Gasteiger partial charge on any atom is 0.164 e. The van der Waals surface area contributed by atoms with Crippen LogP contribution in [0.1, 0.15) is 0 Å². The second kappa shape index (κ2) is 27.9. The third-order valence-corrected chi connectivity index (χ3v) is 23.5. The highest BCUT2D eigenvalue weighted by molar-refractivity contribution is 7.28. The van der Waals surface area contributed by atoms with Gasteiger partial charge in [0.1, 0.15) is 0 Å². The van der Waals surface area contributed by atoms with Crippen LogP contribution in [0.3, 0.4) is 0 Å². The fourth-order valence-corrected chi connectivity index (χ4v) is 18.5. The van der Waals surface area contributed by atoms with E-state index in [4.69, 9.17) is 34.9 Å². The molecule has 112 heavy (non-hydrogen) atoms. The van der Waals surface area contributed by atoms with E-state index in [0.717, 1.165) is 112 Å². The first-order valence-electron chi connectivity index (χ1n) is 37.4. The van der Waals surface area contributed by atoms with Crippen molar-refractivity contribution in [2.45, 2.75) is 0 Å². The molecule has 0 spiro atoms. The molecule has 14 aromatic carbocycles. The summed E-state index contributed by atoms with van der Waals surface area (Å²) >= 11 is 3.74. The molecule has 0 radical (unpaired) electrons. The van der Waals surface area contributed by atoms with E-state index in [1.54, 1.807) is 0 Å². The number of rotatable bonds is 12. The number of benzene rings is 14. The lowest BCUT2D eigenvalue weighted by Gasteiger charge is -2.12. The summed E-state index contributed by atoms with van der Waals surface area (Å²) in [6.07, 6.45) is 0. The Bertz CT molecular complexity index is 7140. The molecular weight excluding hydrogens is 1400 g/mol. The van der Waals surface area contributed by atoms with E-state index in [1.807, 2.05) is 108 Å². The van der Waals surface area contributed by atoms with Crippen molar-refractivity contribution in [2.75, 3.05) is 0 Å². The molecule has 0 aliphatic heterocycles. The first-order chi connectivity index (χ1) is 55.5. The third kappa shape index (κ3) is 11.7. The Morgan fingerprint density at radius 2 is 0.562 bits per heavy atom. The van der Waals surface area contributed by atoms with Gasteiger partial charge in [-0.15, -0.1) is 22.7 Å². The minimum Gasteiger partial charge on any atom is -0.308 e. The Morgan fingerprint density at radius 3 is 1.05 bits per heavy atom. The molecule has 0 amide bonds. The molecule has 0 fully saturated rings. The van der Waals surface area contributed by atoms with E-state index in [9.17, 15) is 0 Å². The van der Waals surface area contributed by atoms with Crippen molar-refractivity contribution in [2.24, 2.45) is 0 Å². The van der Waals surface area contributed by atoms with Crippen LogP contribution in [0.25, 0.3) is 208 Å². The zero-order valence-electron chi connectivity index (χ0n) is 60.2. The standard InChI is InChI=1S/C51H32N4S.C50H31N5S/c1-5-16-34(17-6-1)42-32-43(54-51(53-42)37-20-9-3-10-21-37)35-30-28-33(29-31-35)39-25-15-27-44-45(39)50-48(55(44)38-22-11-4-12-23-38)46-47(36-18-7-2-8-19-36)52-41-26-14-13-24-40(41)49(46)56-50;1-5-15-33(16-6-1)44-43-45-47(56-46(43)39-23-13-14-24-41(39)51-44)40-30-29-37(31-42(40)55(45)38-21-11-4-12-22-38)32-25-27-36(28-26-32)50-53-48(34-17-7-2-8-18-34)52-49(54-50)35-19-9-3-10-20-35/h1-32H;1-31H. The summed E-state index contributed by atoms with van der Waals surface area (Å²) < 4.78 is 9.91. The number of fused-ring (bicyclic) bond motifs is 14. The molecule has 524 valence electrons. The summed E-state index contributed by atoms with van der Waals surface area (Å²) in [4.78, 5) is 35.5. The number of para-hydroxylation sites is 4. The molecule has 0 aliphatic carbocycles. The van der Waals surface area contributed by atoms with Crippen molar-refractivity contribution < 1.29 is 0 Å². The number of thiophene rings is 2. The highest BCUT2D eigenvalue weighted by atomic mass is 32.1. The lowest BCUT2D eigenvalue weighted by Crippen LogP contribution is -2.00. The average molecular weight is 1470 g/mol. The minimum absolute atomic E-state index is 0.639. The second-order valence-corrected chi connectivity index (χ2v) is 29.9. The summed E-state index contributed by atoms with van der Waals surface area (Å²) in [6, 6.07) is 134. The van der Waals surface area contributed by atoms with E-state index in [2.05, 4.69) is 306 Å². The SMILES string of the molecule is c1ccc(-c2cc(-c3ccc(-c4cccc5c4c4sc6c7ccccc7nc(-c7ccccc7)c6c4n5-c4ccccc4)cc3)nc(-c3ccccc3)n2)cc1.c1ccc(-c2nc(-c3ccccc3)nc(-c3ccc(-c4ccc5c6sc7c8ccccc8nc(-c8ccccc8)c7c6n(-c6ccccc6)c5c4)cc3)n2)cc1. The normalized spacial score (nSPS) is 11.6. The topological polar surface area (TPSA) is 100 Å². The van der Waals surface area contributed by atoms with Crippen molar-refractivity contribution >= 4 is 107 Å². The Morgan fingerprint density at radius 1 is 0.205 bits per heavy atom. The average Bonchev–Trinajstić information content (AvgIpc) is 1.55. The molecule has 0 saturated heterocycles. The number of aromatic nitrogens is 9. The summed E-state index contributed by atoms with van der Waals surface area (Å²) in [7, 11) is 0. The molecule has 8 heterocycles. The van der Waals surface area contributed by atoms with E-state index in [-0.39, 0.29) is 0 Å². The molecule has 0 atom stereocenters. The summed E-state index contributed by atoms with van der Waals surface area (Å²) in [5.74, 6) is 2.65. The molecule has 9 nitrogen and oxygen atoms in total. The van der Waals surface area contributed by atoms with Crippen LogP contribution in [-0.2, 0) is 0 Å². The maximum atomic E-state index is 5.35. The van der Waals surface area contributed by atoms with Gasteiger partial charge >= 0.3 is 0 Å². The molecular formula is C101H63N9S2. The number of hydrogen-bond acceptors (Lipinski definition) is 9. The van der Waals surface area contributed by atoms with Gasteiger partial charge in [0, 0.05) is 97.6 Å². The van der Waals surface area contributed by atoms with Crippen LogP contribution in [0.5, 0.6) is 0 Å². The molecule has 8 aromatic heterocycles. The molecule has 22 rings (SSSR count). The van der Waals surface area contributed by atoms with E-state index in [1.165, 1.54) is 73.2 Å². The van der Waals surface area contributed by atoms with Crippen molar-refractivity contribution in [3.05, 3.63) is 382 Å². The number of pyridine rings is 2.